The van der Waals surface area contributed by atoms with E-state index in [9.17, 15) is 4.79 Å². The predicted molar refractivity (Wildman–Crippen MR) is 47.6 cm³/mol. The topological polar surface area (TPSA) is 64.3 Å². The summed E-state index contributed by atoms with van der Waals surface area (Å²) in [5.74, 6) is 5.14. The van der Waals surface area contributed by atoms with E-state index in [1.165, 1.54) is 0 Å². The summed E-state index contributed by atoms with van der Waals surface area (Å²) in [4.78, 5) is 11.3. The molecule has 4 heteroatoms. The van der Waals surface area contributed by atoms with Crippen molar-refractivity contribution >= 4 is 5.91 Å². The molecule has 0 radical (unpaired) electrons. The van der Waals surface area contributed by atoms with Crippen molar-refractivity contribution in [2.24, 2.45) is 11.8 Å². The quantitative estimate of drug-likeness (QED) is 0.350. The first-order valence-corrected chi connectivity index (χ1v) is 4.90. The highest BCUT2D eigenvalue weighted by Crippen LogP contribution is 2.43. The van der Waals surface area contributed by atoms with Gasteiger partial charge in [0.15, 0.2) is 0 Å². The Kier molecular flexibility index (Phi) is 2.26. The lowest BCUT2D eigenvalue weighted by molar-refractivity contribution is -0.125. The summed E-state index contributed by atoms with van der Waals surface area (Å²) in [6, 6.07) is 0. The van der Waals surface area contributed by atoms with Crippen LogP contribution in [0.1, 0.15) is 32.1 Å². The predicted octanol–water partition coefficient (Wildman–Crippen LogP) is 0.326. The van der Waals surface area contributed by atoms with Crippen LogP contribution in [0.3, 0.4) is 0 Å². The second-order valence-electron chi connectivity index (χ2n) is 4.08. The van der Waals surface area contributed by atoms with Gasteiger partial charge in [-0.1, -0.05) is 0 Å². The van der Waals surface area contributed by atoms with Crippen LogP contribution in [0.25, 0.3) is 0 Å². The lowest BCUT2D eigenvalue weighted by atomic mass is 9.96. The maximum absolute atomic E-state index is 11.3. The molecule has 13 heavy (non-hydrogen) atoms. The standard InChI is InChI=1S/C9H16N2O2/c10-11-8(12)7-2-4-9(6-7)3-1-5-13-9/h7H,1-6,10H2,(H,11,12). The van der Waals surface area contributed by atoms with E-state index in [1.54, 1.807) is 0 Å². The second-order valence-corrected chi connectivity index (χ2v) is 4.08. The lowest BCUT2D eigenvalue weighted by Crippen LogP contribution is -2.36. The average molecular weight is 184 g/mol. The van der Waals surface area contributed by atoms with Crippen LogP contribution < -0.4 is 11.3 Å². The fraction of sp³-hybridized carbons (Fsp3) is 0.889. The molecule has 1 spiro atoms. The third-order valence-corrected chi connectivity index (χ3v) is 3.26. The van der Waals surface area contributed by atoms with Gasteiger partial charge >= 0.3 is 0 Å². The van der Waals surface area contributed by atoms with Crippen LogP contribution >= 0.6 is 0 Å². The fourth-order valence-electron chi connectivity index (χ4n) is 2.55. The molecule has 1 saturated heterocycles. The maximum atomic E-state index is 11.3. The highest BCUT2D eigenvalue weighted by atomic mass is 16.5. The van der Waals surface area contributed by atoms with Gasteiger partial charge in [0.1, 0.15) is 0 Å². The van der Waals surface area contributed by atoms with E-state index in [2.05, 4.69) is 5.43 Å². The molecule has 2 atom stereocenters. The first-order valence-electron chi connectivity index (χ1n) is 4.90. The van der Waals surface area contributed by atoms with Crippen molar-refractivity contribution in [1.82, 2.24) is 5.43 Å². The van der Waals surface area contributed by atoms with Gasteiger partial charge in [-0.3, -0.25) is 10.2 Å². The van der Waals surface area contributed by atoms with E-state index in [0.717, 1.165) is 38.7 Å². The third kappa shape index (κ3) is 1.56. The van der Waals surface area contributed by atoms with E-state index in [1.807, 2.05) is 0 Å². The number of carbonyl (C=O) groups excluding carboxylic acids is 1. The second kappa shape index (κ2) is 3.27. The Balaban J connectivity index is 1.96. The Morgan fingerprint density at radius 2 is 2.38 bits per heavy atom. The van der Waals surface area contributed by atoms with Crippen molar-refractivity contribution in [3.63, 3.8) is 0 Å². The van der Waals surface area contributed by atoms with E-state index < -0.39 is 0 Å². The molecule has 0 bridgehead atoms. The summed E-state index contributed by atoms with van der Waals surface area (Å²) in [7, 11) is 0. The molecule has 2 fully saturated rings. The summed E-state index contributed by atoms with van der Waals surface area (Å²) < 4.78 is 5.71. The maximum Gasteiger partial charge on any atom is 0.237 e. The van der Waals surface area contributed by atoms with Crippen LogP contribution in [0.2, 0.25) is 0 Å². The van der Waals surface area contributed by atoms with Gasteiger partial charge in [0.2, 0.25) is 5.91 Å². The average Bonchev–Trinajstić information content (AvgIpc) is 2.76. The van der Waals surface area contributed by atoms with E-state index in [-0.39, 0.29) is 17.4 Å². The smallest absolute Gasteiger partial charge is 0.237 e. The monoisotopic (exact) mass is 184 g/mol. The van der Waals surface area contributed by atoms with Gasteiger partial charge in [-0.2, -0.15) is 0 Å². The van der Waals surface area contributed by atoms with Crippen LogP contribution in [0, 0.1) is 5.92 Å². The number of carbonyl (C=O) groups is 1. The zero-order valence-electron chi connectivity index (χ0n) is 7.71. The van der Waals surface area contributed by atoms with Gasteiger partial charge in [0.25, 0.3) is 0 Å². The molecule has 1 saturated carbocycles. The number of hydrogen-bond donors (Lipinski definition) is 2. The highest BCUT2D eigenvalue weighted by Gasteiger charge is 2.44. The Labute approximate surface area is 77.8 Å². The number of nitrogens with two attached hydrogens (primary N) is 1. The summed E-state index contributed by atoms with van der Waals surface area (Å²) in [6.07, 6.45) is 5.04. The minimum absolute atomic E-state index is 0.0250. The first kappa shape index (κ1) is 8.97. The van der Waals surface area contributed by atoms with Crippen LogP contribution in [0.15, 0.2) is 0 Å². The first-order chi connectivity index (χ1) is 6.26. The SMILES string of the molecule is NNC(=O)C1CCC2(CCCO2)C1. The molecule has 74 valence electrons. The van der Waals surface area contributed by atoms with Crippen molar-refractivity contribution in [1.29, 1.82) is 0 Å². The van der Waals surface area contributed by atoms with Crippen LogP contribution in [0.5, 0.6) is 0 Å². The van der Waals surface area contributed by atoms with E-state index >= 15 is 0 Å². The van der Waals surface area contributed by atoms with Crippen molar-refractivity contribution in [2.75, 3.05) is 6.61 Å². The number of ether oxygens (including phenoxy) is 1. The molecule has 2 unspecified atom stereocenters. The van der Waals surface area contributed by atoms with Crippen LogP contribution in [0.4, 0.5) is 0 Å². The normalized spacial score (nSPS) is 38.4. The van der Waals surface area contributed by atoms with Crippen LogP contribution in [-0.4, -0.2) is 18.1 Å². The summed E-state index contributed by atoms with van der Waals surface area (Å²) in [6.45, 7) is 0.858. The van der Waals surface area contributed by atoms with Crippen LogP contribution in [-0.2, 0) is 9.53 Å². The molecule has 0 aromatic rings. The Bertz CT molecular complexity index is 212. The Morgan fingerprint density at radius 1 is 1.54 bits per heavy atom. The molecule has 1 aliphatic carbocycles. The van der Waals surface area contributed by atoms with E-state index in [4.69, 9.17) is 10.6 Å². The zero-order chi connectivity index (χ0) is 9.31. The molecule has 2 rings (SSSR count). The molecule has 2 aliphatic rings. The van der Waals surface area contributed by atoms with Crippen molar-refractivity contribution in [3.8, 4) is 0 Å². The molecule has 4 nitrogen and oxygen atoms in total. The van der Waals surface area contributed by atoms with E-state index in [0.29, 0.717) is 0 Å². The molecule has 0 aromatic heterocycles. The number of amides is 1. The molecule has 1 heterocycles. The minimum Gasteiger partial charge on any atom is -0.375 e. The molecule has 0 aromatic carbocycles. The van der Waals surface area contributed by atoms with Gasteiger partial charge in [-0.05, 0) is 32.1 Å². The lowest BCUT2D eigenvalue weighted by Gasteiger charge is -2.21. The Morgan fingerprint density at radius 3 is 3.00 bits per heavy atom. The minimum atomic E-state index is -0.0348. The van der Waals surface area contributed by atoms with Gasteiger partial charge < -0.3 is 4.74 Å². The van der Waals surface area contributed by atoms with Gasteiger partial charge in [0, 0.05) is 12.5 Å². The van der Waals surface area contributed by atoms with Crippen molar-refractivity contribution in [3.05, 3.63) is 0 Å². The van der Waals surface area contributed by atoms with Gasteiger partial charge in [0.05, 0.1) is 5.60 Å². The molecular weight excluding hydrogens is 168 g/mol. The fourth-order valence-corrected chi connectivity index (χ4v) is 2.55. The molecular formula is C9H16N2O2. The van der Waals surface area contributed by atoms with Gasteiger partial charge in [-0.25, -0.2) is 5.84 Å². The van der Waals surface area contributed by atoms with Crippen molar-refractivity contribution in [2.45, 2.75) is 37.7 Å². The summed E-state index contributed by atoms with van der Waals surface area (Å²) in [5.41, 5.74) is 2.24. The zero-order valence-corrected chi connectivity index (χ0v) is 7.71. The number of hydrogen-bond acceptors (Lipinski definition) is 3. The molecule has 1 amide bonds. The highest BCUT2D eigenvalue weighted by molar-refractivity contribution is 5.78. The van der Waals surface area contributed by atoms with Gasteiger partial charge in [-0.15, -0.1) is 0 Å². The largest absolute Gasteiger partial charge is 0.375 e. The molecule has 3 N–H and O–H groups in total. The third-order valence-electron chi connectivity index (χ3n) is 3.26. The number of rotatable bonds is 1. The summed E-state index contributed by atoms with van der Waals surface area (Å²) in [5, 5.41) is 0. The summed E-state index contributed by atoms with van der Waals surface area (Å²) >= 11 is 0. The molecule has 1 aliphatic heterocycles. The number of hydrazine groups is 1. The number of nitrogens with one attached hydrogen (secondary N) is 1. The van der Waals surface area contributed by atoms with Crippen molar-refractivity contribution < 1.29 is 9.53 Å². The Hall–Kier alpha value is -0.610.